The Morgan fingerprint density at radius 3 is 2.51 bits per heavy atom. The van der Waals surface area contributed by atoms with Crippen LogP contribution in [0.15, 0.2) is 48.7 Å². The number of benzene rings is 2. The lowest BCUT2D eigenvalue weighted by molar-refractivity contribution is -0.134. The van der Waals surface area contributed by atoms with Crippen molar-refractivity contribution in [3.8, 4) is 0 Å². The molecule has 2 aromatic carbocycles. The van der Waals surface area contributed by atoms with Gasteiger partial charge in [0.2, 0.25) is 11.8 Å². The Morgan fingerprint density at radius 2 is 1.90 bits per heavy atom. The first-order valence-electron chi connectivity index (χ1n) is 16.6. The van der Waals surface area contributed by atoms with Gasteiger partial charge in [0.1, 0.15) is 23.4 Å². The monoisotopic (exact) mass is 693 g/mol. The molecule has 5 rings (SSSR count). The number of halogens is 2. The number of amides is 3. The van der Waals surface area contributed by atoms with Crippen molar-refractivity contribution in [3.63, 3.8) is 0 Å². The summed E-state index contributed by atoms with van der Waals surface area (Å²) in [5.41, 5.74) is 1.24. The molecule has 1 saturated heterocycles. The van der Waals surface area contributed by atoms with Crippen LogP contribution in [0.2, 0.25) is 5.02 Å². The molecule has 1 aliphatic heterocycles. The fourth-order valence-electron chi connectivity index (χ4n) is 6.64. The number of nitrogens with one attached hydrogen (secondary N) is 4. The van der Waals surface area contributed by atoms with E-state index in [0.29, 0.717) is 53.3 Å². The Hall–Kier alpha value is -4.29. The van der Waals surface area contributed by atoms with Gasteiger partial charge in [-0.05, 0) is 60.1 Å². The number of nitrogens with zero attached hydrogens (tertiary/aromatic N) is 3. The molecule has 262 valence electrons. The maximum atomic E-state index is 14.8. The zero-order chi connectivity index (χ0) is 35.7. The lowest BCUT2D eigenvalue weighted by Crippen LogP contribution is -2.58. The predicted molar refractivity (Wildman–Crippen MR) is 186 cm³/mol. The summed E-state index contributed by atoms with van der Waals surface area (Å²) in [6.45, 7) is 12.5. The Morgan fingerprint density at radius 1 is 1.14 bits per heavy atom. The van der Waals surface area contributed by atoms with Crippen LogP contribution in [0.25, 0.3) is 11.0 Å². The summed E-state index contributed by atoms with van der Waals surface area (Å²) in [6.07, 6.45) is 1.96. The molecule has 2 unspecified atom stereocenters. The van der Waals surface area contributed by atoms with Gasteiger partial charge in [-0.3, -0.25) is 19.1 Å². The molecule has 3 amide bonds. The molecule has 11 nitrogen and oxygen atoms in total. The molecule has 4 aromatic rings. The van der Waals surface area contributed by atoms with Crippen molar-refractivity contribution in [1.29, 1.82) is 0 Å². The number of aromatic nitrogens is 4. The number of rotatable bonds is 11. The van der Waals surface area contributed by atoms with E-state index in [1.807, 2.05) is 59.7 Å². The van der Waals surface area contributed by atoms with Gasteiger partial charge in [0.05, 0.1) is 34.1 Å². The van der Waals surface area contributed by atoms with Crippen molar-refractivity contribution in [2.45, 2.75) is 71.4 Å². The van der Waals surface area contributed by atoms with E-state index in [9.17, 15) is 18.8 Å². The van der Waals surface area contributed by atoms with Gasteiger partial charge in [-0.25, -0.2) is 9.37 Å². The third-order valence-corrected chi connectivity index (χ3v) is 9.72. The van der Waals surface area contributed by atoms with Gasteiger partial charge in [0, 0.05) is 32.3 Å². The Kier molecular flexibility index (Phi) is 10.5. The first-order valence-corrected chi connectivity index (χ1v) is 16.9. The zero-order valence-electron chi connectivity index (χ0n) is 29.0. The van der Waals surface area contributed by atoms with E-state index in [1.165, 1.54) is 16.9 Å². The maximum absolute atomic E-state index is 14.8. The number of carbonyl (C=O) groups excluding carboxylic acids is 3. The second-order valence-corrected chi connectivity index (χ2v) is 14.5. The average molecular weight is 694 g/mol. The summed E-state index contributed by atoms with van der Waals surface area (Å²) in [6, 6.07) is 10.3. The SMILES string of the molecule is CCNC(=O)[C@H](NC(=O)C1(c2ccc3nc(C(NC(=O)c4ccnn4C)[C@@H](c4cccc(F)c4Cl)C(C)C)[nH]c3c2)CCOC1)C(C)(C)C. The topological polar surface area (TPSA) is 143 Å². The van der Waals surface area contributed by atoms with Crippen LogP contribution in [-0.2, 0) is 26.8 Å². The molecule has 4 atom stereocenters. The van der Waals surface area contributed by atoms with Crippen molar-refractivity contribution in [1.82, 2.24) is 35.7 Å². The van der Waals surface area contributed by atoms with Crippen LogP contribution in [0.4, 0.5) is 4.39 Å². The lowest BCUT2D eigenvalue weighted by Gasteiger charge is -2.34. The summed E-state index contributed by atoms with van der Waals surface area (Å²) in [4.78, 5) is 49.0. The molecular formula is C36H45ClFN7O4. The lowest BCUT2D eigenvalue weighted by atomic mass is 9.77. The Bertz CT molecular complexity index is 1840. The first-order chi connectivity index (χ1) is 23.2. The summed E-state index contributed by atoms with van der Waals surface area (Å²) < 4.78 is 22.0. The van der Waals surface area contributed by atoms with Crippen LogP contribution >= 0.6 is 11.6 Å². The number of aryl methyl sites for hydroxylation is 1. The average Bonchev–Trinajstić information content (AvgIpc) is 3.80. The van der Waals surface area contributed by atoms with Gasteiger partial charge < -0.3 is 25.7 Å². The van der Waals surface area contributed by atoms with Gasteiger partial charge in [0.25, 0.3) is 5.91 Å². The predicted octanol–water partition coefficient (Wildman–Crippen LogP) is 5.32. The van der Waals surface area contributed by atoms with E-state index in [4.69, 9.17) is 21.3 Å². The molecule has 0 bridgehead atoms. The minimum atomic E-state index is -1.04. The Balaban J connectivity index is 1.57. The largest absolute Gasteiger partial charge is 0.380 e. The number of hydrogen-bond acceptors (Lipinski definition) is 6. The summed E-state index contributed by atoms with van der Waals surface area (Å²) in [5.74, 6) is -1.64. The third-order valence-electron chi connectivity index (χ3n) is 9.32. The van der Waals surface area contributed by atoms with Crippen LogP contribution < -0.4 is 16.0 Å². The number of carbonyl (C=O) groups is 3. The van der Waals surface area contributed by atoms with E-state index < -0.39 is 34.6 Å². The van der Waals surface area contributed by atoms with Gasteiger partial charge >= 0.3 is 0 Å². The minimum Gasteiger partial charge on any atom is -0.380 e. The highest BCUT2D eigenvalue weighted by Crippen LogP contribution is 2.41. The fraction of sp³-hybridized carbons (Fsp3) is 0.472. The van der Waals surface area contributed by atoms with Gasteiger partial charge in [0.15, 0.2) is 0 Å². The second-order valence-electron chi connectivity index (χ2n) is 14.1. The number of ether oxygens (including phenoxy) is 1. The Labute approximate surface area is 290 Å². The minimum absolute atomic E-state index is 0.0188. The molecule has 1 fully saturated rings. The zero-order valence-corrected chi connectivity index (χ0v) is 29.7. The van der Waals surface area contributed by atoms with Crippen molar-refractivity contribution >= 4 is 40.4 Å². The number of imidazole rings is 1. The summed E-state index contributed by atoms with van der Waals surface area (Å²) in [7, 11) is 1.68. The molecule has 0 spiro atoms. The molecule has 0 radical (unpaired) electrons. The van der Waals surface area contributed by atoms with E-state index in [0.717, 1.165) is 0 Å². The molecule has 0 saturated carbocycles. The number of aromatic amines is 1. The maximum Gasteiger partial charge on any atom is 0.270 e. The number of likely N-dealkylation sites (N-methyl/N-ethyl adjacent to an activating group) is 1. The van der Waals surface area contributed by atoms with Gasteiger partial charge in [-0.1, -0.05) is 64.4 Å². The van der Waals surface area contributed by atoms with Gasteiger partial charge in [-0.2, -0.15) is 5.10 Å². The number of fused-ring (bicyclic) bond motifs is 1. The quantitative estimate of drug-likeness (QED) is 0.167. The number of hydrogen-bond donors (Lipinski definition) is 4. The summed E-state index contributed by atoms with van der Waals surface area (Å²) in [5, 5.41) is 13.1. The fourth-order valence-corrected chi connectivity index (χ4v) is 6.89. The van der Waals surface area contributed by atoms with Crippen molar-refractivity contribution < 1.29 is 23.5 Å². The molecule has 49 heavy (non-hydrogen) atoms. The molecular weight excluding hydrogens is 649 g/mol. The van der Waals surface area contributed by atoms with Crippen molar-refractivity contribution in [2.24, 2.45) is 18.4 Å². The van der Waals surface area contributed by atoms with Crippen LogP contribution in [0.5, 0.6) is 0 Å². The smallest absolute Gasteiger partial charge is 0.270 e. The van der Waals surface area contributed by atoms with Gasteiger partial charge in [-0.15, -0.1) is 0 Å². The summed E-state index contributed by atoms with van der Waals surface area (Å²) >= 11 is 6.54. The van der Waals surface area contributed by atoms with Crippen LogP contribution in [-0.4, -0.2) is 63.3 Å². The molecule has 1 aliphatic rings. The van der Waals surface area contributed by atoms with Crippen molar-refractivity contribution in [2.75, 3.05) is 19.8 Å². The van der Waals surface area contributed by atoms with E-state index >= 15 is 0 Å². The highest BCUT2D eigenvalue weighted by atomic mass is 35.5. The molecule has 2 aromatic heterocycles. The van der Waals surface area contributed by atoms with Crippen LogP contribution in [0, 0.1) is 17.2 Å². The van der Waals surface area contributed by atoms with E-state index in [-0.39, 0.29) is 35.3 Å². The van der Waals surface area contributed by atoms with Crippen LogP contribution in [0.1, 0.15) is 87.4 Å². The van der Waals surface area contributed by atoms with Crippen LogP contribution in [0.3, 0.4) is 0 Å². The first kappa shape index (κ1) is 36.0. The molecule has 4 N–H and O–H groups in total. The highest BCUT2D eigenvalue weighted by molar-refractivity contribution is 6.31. The van der Waals surface area contributed by atoms with Crippen molar-refractivity contribution in [3.05, 3.63) is 82.1 Å². The second kappa shape index (κ2) is 14.3. The highest BCUT2D eigenvalue weighted by Gasteiger charge is 2.47. The molecule has 0 aliphatic carbocycles. The normalized spacial score (nSPS) is 18.3. The number of H-pyrrole nitrogens is 1. The third kappa shape index (κ3) is 7.21. The molecule has 13 heteroatoms. The molecule has 3 heterocycles. The van der Waals surface area contributed by atoms with E-state index in [1.54, 1.807) is 25.2 Å². The standard InChI is InChI=1S/C36H45ClFN7O4/c1-8-39-33(47)30(35(4,5)6)44-34(48)36(15-17-49-19-36)21-12-13-24-25(18-21)42-31(41-24)29(43-32(46)26-14-16-40-45(26)7)27(20(2)3)22-10-9-11-23(38)28(22)37/h9-14,16,18,20,27,29-30H,8,15,17,19H2,1-7H3,(H,39,47)(H,41,42)(H,43,46)(H,44,48)/t27-,29?,30+,36?/m1/s1. The van der Waals surface area contributed by atoms with E-state index in [2.05, 4.69) is 26.0 Å².